The third-order valence-corrected chi connectivity index (χ3v) is 4.67. The lowest BCUT2D eigenvalue weighted by atomic mass is 10.1. The molecule has 0 amide bonds. The highest BCUT2D eigenvalue weighted by atomic mass is 79.9. The molecule has 0 saturated heterocycles. The molecule has 1 aromatic rings. The first kappa shape index (κ1) is 18.8. The maximum atomic E-state index is 5.90. The summed E-state index contributed by atoms with van der Waals surface area (Å²) in [5.74, 6) is 1.61. The van der Waals surface area contributed by atoms with Gasteiger partial charge < -0.3 is 9.47 Å². The van der Waals surface area contributed by atoms with Crippen molar-refractivity contribution >= 4 is 31.9 Å². The van der Waals surface area contributed by atoms with Crippen LogP contribution in [0.25, 0.3) is 0 Å². The molecule has 4 heteroatoms. The minimum Gasteiger partial charge on any atom is -0.493 e. The number of halogens is 2. The molecule has 0 unspecified atom stereocenters. The summed E-state index contributed by atoms with van der Waals surface area (Å²) in [7, 11) is 1.68. The Labute approximate surface area is 145 Å². The van der Waals surface area contributed by atoms with Crippen molar-refractivity contribution in [1.82, 2.24) is 0 Å². The van der Waals surface area contributed by atoms with Crippen LogP contribution in [0.3, 0.4) is 0 Å². The van der Waals surface area contributed by atoms with Crippen molar-refractivity contribution in [2.24, 2.45) is 0 Å². The Balaban J connectivity index is 2.34. The van der Waals surface area contributed by atoms with Crippen molar-refractivity contribution in [1.29, 1.82) is 0 Å². The van der Waals surface area contributed by atoms with Crippen LogP contribution >= 0.6 is 31.9 Å². The van der Waals surface area contributed by atoms with E-state index in [0.29, 0.717) is 0 Å². The molecule has 0 aliphatic heterocycles. The van der Waals surface area contributed by atoms with Crippen LogP contribution in [0.15, 0.2) is 16.6 Å². The highest BCUT2D eigenvalue weighted by Gasteiger charge is 2.11. The molecule has 0 N–H and O–H groups in total. The Bertz CT molecular complexity index is 408. The van der Waals surface area contributed by atoms with Gasteiger partial charge in [-0.15, -0.1) is 0 Å². The standard InChI is InChI=1S/C17H26Br2O2/c1-3-4-5-6-7-8-9-10-21-17-15(19)11-14(13-18)12-16(17)20-2/h11-12H,3-10,13H2,1-2H3. The van der Waals surface area contributed by atoms with Gasteiger partial charge in [0.05, 0.1) is 18.2 Å². The monoisotopic (exact) mass is 420 g/mol. The molecule has 2 nitrogen and oxygen atoms in total. The van der Waals surface area contributed by atoms with Gasteiger partial charge in [0.1, 0.15) is 0 Å². The fraction of sp³-hybridized carbons (Fsp3) is 0.647. The van der Waals surface area contributed by atoms with Gasteiger partial charge in [-0.2, -0.15) is 0 Å². The van der Waals surface area contributed by atoms with E-state index in [1.54, 1.807) is 7.11 Å². The molecule has 0 aliphatic carbocycles. The lowest BCUT2D eigenvalue weighted by Gasteiger charge is -2.13. The number of hydrogen-bond donors (Lipinski definition) is 0. The highest BCUT2D eigenvalue weighted by Crippen LogP contribution is 2.37. The van der Waals surface area contributed by atoms with E-state index in [1.165, 1.54) is 44.1 Å². The fourth-order valence-electron chi connectivity index (χ4n) is 2.22. The number of alkyl halides is 1. The van der Waals surface area contributed by atoms with Crippen LogP contribution < -0.4 is 9.47 Å². The quantitative estimate of drug-likeness (QED) is 0.300. The molecule has 1 rings (SSSR count). The summed E-state index contributed by atoms with van der Waals surface area (Å²) in [4.78, 5) is 0. The summed E-state index contributed by atoms with van der Waals surface area (Å²) < 4.78 is 12.3. The molecular weight excluding hydrogens is 396 g/mol. The Kier molecular flexibility index (Phi) is 10.2. The van der Waals surface area contributed by atoms with Gasteiger partial charge in [-0.25, -0.2) is 0 Å². The molecule has 0 aliphatic rings. The number of benzene rings is 1. The molecule has 0 bridgehead atoms. The molecule has 0 atom stereocenters. The first-order valence-electron chi connectivity index (χ1n) is 7.78. The van der Waals surface area contributed by atoms with Gasteiger partial charge in [-0.3, -0.25) is 0 Å². The third-order valence-electron chi connectivity index (χ3n) is 3.44. The molecule has 0 spiro atoms. The van der Waals surface area contributed by atoms with Crippen molar-refractivity contribution in [2.75, 3.05) is 13.7 Å². The van der Waals surface area contributed by atoms with Crippen LogP contribution in [0.2, 0.25) is 0 Å². The van der Waals surface area contributed by atoms with E-state index in [4.69, 9.17) is 9.47 Å². The lowest BCUT2D eigenvalue weighted by Crippen LogP contribution is -2.01. The normalized spacial score (nSPS) is 10.7. The van der Waals surface area contributed by atoms with Crippen LogP contribution in [0.1, 0.15) is 57.4 Å². The Morgan fingerprint density at radius 2 is 1.67 bits per heavy atom. The Morgan fingerprint density at radius 3 is 2.29 bits per heavy atom. The molecule has 1 aromatic carbocycles. The zero-order chi connectivity index (χ0) is 15.5. The Morgan fingerprint density at radius 1 is 1.00 bits per heavy atom. The van der Waals surface area contributed by atoms with E-state index in [2.05, 4.69) is 44.8 Å². The van der Waals surface area contributed by atoms with Crippen molar-refractivity contribution in [3.63, 3.8) is 0 Å². The van der Waals surface area contributed by atoms with Gasteiger partial charge in [0, 0.05) is 5.33 Å². The van der Waals surface area contributed by atoms with Crippen LogP contribution in [0, 0.1) is 0 Å². The zero-order valence-electron chi connectivity index (χ0n) is 13.1. The molecule has 0 aromatic heterocycles. The molecule has 0 heterocycles. The van der Waals surface area contributed by atoms with E-state index in [9.17, 15) is 0 Å². The summed E-state index contributed by atoms with van der Waals surface area (Å²) in [5.41, 5.74) is 1.17. The maximum absolute atomic E-state index is 5.90. The van der Waals surface area contributed by atoms with E-state index in [0.717, 1.165) is 34.3 Å². The molecule has 120 valence electrons. The number of rotatable bonds is 11. The molecule has 0 saturated carbocycles. The van der Waals surface area contributed by atoms with Crippen molar-refractivity contribution in [3.8, 4) is 11.5 Å². The maximum Gasteiger partial charge on any atom is 0.175 e. The smallest absolute Gasteiger partial charge is 0.175 e. The largest absolute Gasteiger partial charge is 0.493 e. The third kappa shape index (κ3) is 7.05. The van der Waals surface area contributed by atoms with Gasteiger partial charge in [-0.1, -0.05) is 61.4 Å². The van der Waals surface area contributed by atoms with Crippen molar-refractivity contribution in [3.05, 3.63) is 22.2 Å². The van der Waals surface area contributed by atoms with E-state index < -0.39 is 0 Å². The predicted molar refractivity (Wildman–Crippen MR) is 96.8 cm³/mol. The van der Waals surface area contributed by atoms with Crippen LogP contribution in [-0.4, -0.2) is 13.7 Å². The Hall–Kier alpha value is -0.220. The average molecular weight is 422 g/mol. The first-order valence-corrected chi connectivity index (χ1v) is 9.69. The number of hydrogen-bond acceptors (Lipinski definition) is 2. The van der Waals surface area contributed by atoms with Crippen LogP contribution in [0.4, 0.5) is 0 Å². The number of unbranched alkanes of at least 4 members (excludes halogenated alkanes) is 6. The second-order valence-electron chi connectivity index (χ2n) is 5.21. The summed E-state index contributed by atoms with van der Waals surface area (Å²) in [6.45, 7) is 3.00. The minimum atomic E-state index is 0.746. The summed E-state index contributed by atoms with van der Waals surface area (Å²) in [6.07, 6.45) is 9.03. The van der Waals surface area contributed by atoms with Gasteiger partial charge >= 0.3 is 0 Å². The van der Waals surface area contributed by atoms with Crippen LogP contribution in [-0.2, 0) is 5.33 Å². The predicted octanol–water partition coefficient (Wildman–Crippen LogP) is 6.48. The SMILES string of the molecule is CCCCCCCCCOc1c(Br)cc(CBr)cc1OC. The van der Waals surface area contributed by atoms with Gasteiger partial charge in [0.25, 0.3) is 0 Å². The highest BCUT2D eigenvalue weighted by molar-refractivity contribution is 9.10. The van der Waals surface area contributed by atoms with E-state index in [-0.39, 0.29) is 0 Å². The van der Waals surface area contributed by atoms with Crippen molar-refractivity contribution in [2.45, 2.75) is 57.2 Å². The molecule has 0 fully saturated rings. The molecule has 0 radical (unpaired) electrons. The van der Waals surface area contributed by atoms with Gasteiger partial charge in [0.2, 0.25) is 0 Å². The second kappa shape index (κ2) is 11.4. The summed E-state index contributed by atoms with van der Waals surface area (Å²) >= 11 is 7.03. The van der Waals surface area contributed by atoms with Crippen molar-refractivity contribution < 1.29 is 9.47 Å². The topological polar surface area (TPSA) is 18.5 Å². The lowest BCUT2D eigenvalue weighted by molar-refractivity contribution is 0.282. The fourth-order valence-corrected chi connectivity index (χ4v) is 3.15. The van der Waals surface area contributed by atoms with Crippen LogP contribution in [0.5, 0.6) is 11.5 Å². The second-order valence-corrected chi connectivity index (χ2v) is 6.63. The van der Waals surface area contributed by atoms with E-state index in [1.807, 2.05) is 6.07 Å². The minimum absolute atomic E-state index is 0.746. The van der Waals surface area contributed by atoms with Gasteiger partial charge in [-0.05, 0) is 40.0 Å². The zero-order valence-corrected chi connectivity index (χ0v) is 16.3. The summed E-state index contributed by atoms with van der Waals surface area (Å²) in [6, 6.07) is 4.08. The summed E-state index contributed by atoms with van der Waals surface area (Å²) in [5, 5.41) is 0.806. The average Bonchev–Trinajstić information content (AvgIpc) is 2.50. The molecular formula is C17H26Br2O2. The number of methoxy groups -OCH3 is 1. The van der Waals surface area contributed by atoms with Gasteiger partial charge in [0.15, 0.2) is 11.5 Å². The number of ether oxygens (including phenoxy) is 2. The first-order chi connectivity index (χ1) is 10.2. The van der Waals surface area contributed by atoms with E-state index >= 15 is 0 Å². The molecule has 21 heavy (non-hydrogen) atoms.